The van der Waals surface area contributed by atoms with Gasteiger partial charge in [0, 0.05) is 24.3 Å². The largest absolute Gasteiger partial charge is 0.550 e. The minimum absolute atomic E-state index is 0.247. The minimum atomic E-state index is -1.19. The molecule has 0 unspecified atom stereocenters. The molecular weight excluding hydrogens is 285 g/mol. The molecule has 1 N–H and O–H groups in total. The van der Waals surface area contributed by atoms with Crippen molar-refractivity contribution in [2.45, 2.75) is 33.2 Å². The molecule has 0 aliphatic heterocycles. The maximum atomic E-state index is 12.8. The molecule has 0 spiro atoms. The fourth-order valence-corrected chi connectivity index (χ4v) is 2.74. The molecule has 1 aromatic rings. The summed E-state index contributed by atoms with van der Waals surface area (Å²) in [7, 11) is 0. The molecule has 1 aliphatic carbocycles. The second-order valence-corrected chi connectivity index (χ2v) is 5.85. The summed E-state index contributed by atoms with van der Waals surface area (Å²) in [4.78, 5) is 23.6. The molecule has 0 saturated carbocycles. The van der Waals surface area contributed by atoms with Gasteiger partial charge in [0.05, 0.1) is 0 Å². The number of aliphatic carboxylic acids is 1. The predicted octanol–water partition coefficient (Wildman–Crippen LogP) is 1.55. The van der Waals surface area contributed by atoms with Gasteiger partial charge in [-0.15, -0.1) is 0 Å². The summed E-state index contributed by atoms with van der Waals surface area (Å²) < 4.78 is 12.8. The van der Waals surface area contributed by atoms with E-state index >= 15 is 0 Å². The highest BCUT2D eigenvalue weighted by Gasteiger charge is 2.33. The van der Waals surface area contributed by atoms with Crippen LogP contribution in [0.15, 0.2) is 35.4 Å². The molecule has 0 saturated heterocycles. The number of carbonyl (C=O) groups excluding carboxylic acids is 2. The lowest BCUT2D eigenvalue weighted by Gasteiger charge is -2.32. The SMILES string of the molecule is CC1=C(C)C[C@@H](C(=O)[O-])[C@@H](C(=O)NCc2ccc(F)cc2)C1. The summed E-state index contributed by atoms with van der Waals surface area (Å²) in [6, 6.07) is 5.81. The number of amides is 1. The molecule has 1 aromatic carbocycles. The van der Waals surface area contributed by atoms with Crippen molar-refractivity contribution >= 4 is 11.9 Å². The second-order valence-electron chi connectivity index (χ2n) is 5.85. The molecule has 2 atom stereocenters. The monoisotopic (exact) mass is 304 g/mol. The highest BCUT2D eigenvalue weighted by atomic mass is 19.1. The van der Waals surface area contributed by atoms with E-state index in [4.69, 9.17) is 0 Å². The molecule has 0 fully saturated rings. The van der Waals surface area contributed by atoms with Crippen LogP contribution in [0, 0.1) is 17.7 Å². The first-order valence-electron chi connectivity index (χ1n) is 7.26. The standard InChI is InChI=1S/C17H20FNO3/c1-10-7-14(15(17(21)22)8-11(10)2)16(20)19-9-12-3-5-13(18)6-4-12/h3-6,14-15H,7-9H2,1-2H3,(H,19,20)(H,21,22)/p-1/t14-,15+/m0/s1. The topological polar surface area (TPSA) is 69.2 Å². The first-order valence-corrected chi connectivity index (χ1v) is 7.26. The molecule has 1 aliphatic rings. The third-order valence-electron chi connectivity index (χ3n) is 4.29. The summed E-state index contributed by atoms with van der Waals surface area (Å²) in [5.74, 6) is -3.24. The second kappa shape index (κ2) is 6.73. The fraction of sp³-hybridized carbons (Fsp3) is 0.412. The smallest absolute Gasteiger partial charge is 0.224 e. The fourth-order valence-electron chi connectivity index (χ4n) is 2.74. The maximum Gasteiger partial charge on any atom is 0.224 e. The van der Waals surface area contributed by atoms with E-state index in [-0.39, 0.29) is 18.3 Å². The van der Waals surface area contributed by atoms with Crippen molar-refractivity contribution in [3.8, 4) is 0 Å². The van der Waals surface area contributed by atoms with Crippen molar-refractivity contribution in [3.63, 3.8) is 0 Å². The van der Waals surface area contributed by atoms with Gasteiger partial charge in [0.15, 0.2) is 0 Å². The first kappa shape index (κ1) is 16.2. The van der Waals surface area contributed by atoms with Crippen LogP contribution in [0.1, 0.15) is 32.3 Å². The summed E-state index contributed by atoms with van der Waals surface area (Å²) in [5, 5.41) is 14.0. The molecule has 0 radical (unpaired) electrons. The molecule has 0 heterocycles. The number of benzene rings is 1. The van der Waals surface area contributed by atoms with Gasteiger partial charge in [0.2, 0.25) is 5.91 Å². The van der Waals surface area contributed by atoms with Gasteiger partial charge in [-0.3, -0.25) is 4.79 Å². The maximum absolute atomic E-state index is 12.8. The number of hydrogen-bond acceptors (Lipinski definition) is 3. The van der Waals surface area contributed by atoms with Crippen molar-refractivity contribution in [1.29, 1.82) is 0 Å². The van der Waals surface area contributed by atoms with E-state index in [1.54, 1.807) is 12.1 Å². The van der Waals surface area contributed by atoms with Crippen LogP contribution in [0.2, 0.25) is 0 Å². The number of rotatable bonds is 4. The van der Waals surface area contributed by atoms with Crippen LogP contribution in [0.25, 0.3) is 0 Å². The zero-order valence-corrected chi connectivity index (χ0v) is 12.7. The zero-order chi connectivity index (χ0) is 16.3. The lowest BCUT2D eigenvalue weighted by Crippen LogP contribution is -2.44. The number of nitrogens with one attached hydrogen (secondary N) is 1. The molecule has 4 nitrogen and oxygen atoms in total. The normalized spacial score (nSPS) is 21.6. The quantitative estimate of drug-likeness (QED) is 0.858. The first-order chi connectivity index (χ1) is 10.4. The van der Waals surface area contributed by atoms with E-state index in [9.17, 15) is 19.1 Å². The summed E-state index contributed by atoms with van der Waals surface area (Å²) >= 11 is 0. The minimum Gasteiger partial charge on any atom is -0.550 e. The number of allylic oxidation sites excluding steroid dienone is 2. The zero-order valence-electron chi connectivity index (χ0n) is 12.7. The lowest BCUT2D eigenvalue weighted by atomic mass is 9.76. The highest BCUT2D eigenvalue weighted by Crippen LogP contribution is 2.34. The van der Waals surface area contributed by atoms with Crippen LogP contribution in [0.3, 0.4) is 0 Å². The molecule has 0 aromatic heterocycles. The third-order valence-corrected chi connectivity index (χ3v) is 4.29. The van der Waals surface area contributed by atoms with E-state index < -0.39 is 17.8 Å². The van der Waals surface area contributed by atoms with E-state index in [1.807, 2.05) is 13.8 Å². The Bertz CT molecular complexity index is 607. The average Bonchev–Trinajstić information content (AvgIpc) is 2.48. The molecule has 0 bridgehead atoms. The Morgan fingerprint density at radius 3 is 2.23 bits per heavy atom. The van der Waals surface area contributed by atoms with Crippen LogP contribution in [-0.2, 0) is 16.1 Å². The van der Waals surface area contributed by atoms with Gasteiger partial charge < -0.3 is 15.2 Å². The van der Waals surface area contributed by atoms with Crippen LogP contribution in [0.5, 0.6) is 0 Å². The Morgan fingerprint density at radius 2 is 1.68 bits per heavy atom. The number of carboxylic acid groups (broad SMARTS) is 1. The van der Waals surface area contributed by atoms with Gasteiger partial charge in [0.25, 0.3) is 0 Å². The van der Waals surface area contributed by atoms with E-state index in [0.717, 1.165) is 16.7 Å². The highest BCUT2D eigenvalue weighted by molar-refractivity contribution is 5.85. The molecule has 5 heteroatoms. The van der Waals surface area contributed by atoms with Crippen molar-refractivity contribution < 1.29 is 19.1 Å². The average molecular weight is 304 g/mol. The van der Waals surface area contributed by atoms with Crippen molar-refractivity contribution in [2.75, 3.05) is 0 Å². The van der Waals surface area contributed by atoms with E-state index in [2.05, 4.69) is 5.32 Å². The van der Waals surface area contributed by atoms with Gasteiger partial charge >= 0.3 is 0 Å². The molecule has 2 rings (SSSR count). The van der Waals surface area contributed by atoms with Crippen LogP contribution < -0.4 is 10.4 Å². The molecular formula is C17H19FNO3-. The van der Waals surface area contributed by atoms with E-state index in [0.29, 0.717) is 12.8 Å². The predicted molar refractivity (Wildman–Crippen MR) is 77.8 cm³/mol. The summed E-state index contributed by atoms with van der Waals surface area (Å²) in [6.07, 6.45) is 0.780. The summed E-state index contributed by atoms with van der Waals surface area (Å²) in [6.45, 7) is 4.05. The Kier molecular flexibility index (Phi) is 4.96. The van der Waals surface area contributed by atoms with Crippen molar-refractivity contribution in [2.24, 2.45) is 11.8 Å². The van der Waals surface area contributed by atoms with Crippen molar-refractivity contribution in [3.05, 3.63) is 46.8 Å². The van der Waals surface area contributed by atoms with Gasteiger partial charge in [-0.05, 0) is 44.4 Å². The lowest BCUT2D eigenvalue weighted by molar-refractivity contribution is -0.313. The Balaban J connectivity index is 2.04. The number of carboxylic acids is 1. The molecule has 118 valence electrons. The number of hydrogen-bond donors (Lipinski definition) is 1. The van der Waals surface area contributed by atoms with Gasteiger partial charge in [-0.25, -0.2) is 4.39 Å². The third kappa shape index (κ3) is 3.72. The Morgan fingerprint density at radius 1 is 1.14 bits per heavy atom. The summed E-state index contributed by atoms with van der Waals surface area (Å²) in [5.41, 5.74) is 2.83. The number of halogens is 1. The van der Waals surface area contributed by atoms with Gasteiger partial charge in [-0.1, -0.05) is 23.3 Å². The van der Waals surface area contributed by atoms with Crippen LogP contribution >= 0.6 is 0 Å². The van der Waals surface area contributed by atoms with E-state index in [1.165, 1.54) is 12.1 Å². The van der Waals surface area contributed by atoms with Gasteiger partial charge in [0.1, 0.15) is 5.82 Å². The van der Waals surface area contributed by atoms with Crippen molar-refractivity contribution in [1.82, 2.24) is 5.32 Å². The number of carbonyl (C=O) groups is 2. The molecule has 22 heavy (non-hydrogen) atoms. The molecule has 1 amide bonds. The van der Waals surface area contributed by atoms with Crippen LogP contribution in [0.4, 0.5) is 4.39 Å². The Hall–Kier alpha value is -2.17. The Labute approximate surface area is 129 Å². The van der Waals surface area contributed by atoms with Crippen LogP contribution in [-0.4, -0.2) is 11.9 Å². The van der Waals surface area contributed by atoms with Gasteiger partial charge in [-0.2, -0.15) is 0 Å².